The monoisotopic (exact) mass is 341 g/mol. The zero-order valence-electron chi connectivity index (χ0n) is 14.7. The van der Waals surface area contributed by atoms with Gasteiger partial charge in [0.05, 0.1) is 5.41 Å². The molecule has 6 rings (SSSR count). The van der Waals surface area contributed by atoms with Gasteiger partial charge >= 0.3 is 0 Å². The van der Waals surface area contributed by atoms with Crippen molar-refractivity contribution in [3.05, 3.63) is 113 Å². The van der Waals surface area contributed by atoms with E-state index in [1.165, 1.54) is 33.4 Å². The minimum absolute atomic E-state index is 0.347. The molecule has 1 spiro atoms. The van der Waals surface area contributed by atoms with Gasteiger partial charge in [-0.3, -0.25) is 0 Å². The molecule has 1 N–H and O–H groups in total. The second-order valence-electron chi connectivity index (χ2n) is 7.28. The van der Waals surface area contributed by atoms with Crippen molar-refractivity contribution in [2.75, 3.05) is 5.32 Å². The lowest BCUT2D eigenvalue weighted by Crippen LogP contribution is -2.35. The van der Waals surface area contributed by atoms with Crippen LogP contribution in [-0.2, 0) is 5.41 Å². The summed E-state index contributed by atoms with van der Waals surface area (Å²) in [5, 5.41) is 3.60. The number of rotatable bonds is 0. The van der Waals surface area contributed by atoms with Crippen LogP contribution in [0.3, 0.4) is 0 Å². The first-order chi connectivity index (χ1) is 13.3. The highest BCUT2D eigenvalue weighted by Gasteiger charge is 2.49. The van der Waals surface area contributed by atoms with Crippen LogP contribution in [-0.4, -0.2) is 7.85 Å². The van der Waals surface area contributed by atoms with Gasteiger partial charge in [-0.2, -0.15) is 0 Å². The summed E-state index contributed by atoms with van der Waals surface area (Å²) in [7, 11) is 6.43. The van der Waals surface area contributed by atoms with Crippen LogP contribution < -0.4 is 10.8 Å². The van der Waals surface area contributed by atoms with Crippen LogP contribution in [0.15, 0.2) is 91.0 Å². The molecule has 124 valence electrons. The Morgan fingerprint density at radius 2 is 1.11 bits per heavy atom. The normalized spacial score (nSPS) is 14.7. The standard InChI is InChI=1S/C25H16BN/c26-22-14-7-13-21-24(22)27-23-15-6-5-12-20(23)25(21)18-10-3-1-8-16(18)17-9-2-4-11-19(17)25/h1-15,27H. The lowest BCUT2D eigenvalue weighted by molar-refractivity contribution is 0.764. The fourth-order valence-electron chi connectivity index (χ4n) is 5.04. The number of para-hydroxylation sites is 2. The Labute approximate surface area is 160 Å². The van der Waals surface area contributed by atoms with Crippen molar-refractivity contribution in [2.24, 2.45) is 0 Å². The number of hydrogen-bond acceptors (Lipinski definition) is 1. The first-order valence-electron chi connectivity index (χ1n) is 9.26. The predicted octanol–water partition coefficient (Wildman–Crippen LogP) is 4.90. The van der Waals surface area contributed by atoms with Crippen molar-refractivity contribution in [3.8, 4) is 11.1 Å². The molecule has 1 aliphatic heterocycles. The highest BCUT2D eigenvalue weighted by atomic mass is 14.9. The Balaban J connectivity index is 1.87. The zero-order valence-corrected chi connectivity index (χ0v) is 14.7. The molecular weight excluding hydrogens is 325 g/mol. The van der Waals surface area contributed by atoms with Crippen LogP contribution >= 0.6 is 0 Å². The third-order valence-corrected chi connectivity index (χ3v) is 6.04. The Morgan fingerprint density at radius 1 is 0.556 bits per heavy atom. The minimum atomic E-state index is -0.347. The van der Waals surface area contributed by atoms with Gasteiger partial charge in [0.25, 0.3) is 0 Å². The molecule has 27 heavy (non-hydrogen) atoms. The summed E-state index contributed by atoms with van der Waals surface area (Å²) >= 11 is 0. The van der Waals surface area contributed by atoms with Gasteiger partial charge in [-0.25, -0.2) is 0 Å². The molecule has 0 bridgehead atoms. The maximum absolute atomic E-state index is 6.43. The molecule has 2 aliphatic rings. The molecule has 1 nitrogen and oxygen atoms in total. The predicted molar refractivity (Wildman–Crippen MR) is 112 cm³/mol. The minimum Gasteiger partial charge on any atom is -0.355 e. The number of nitrogens with one attached hydrogen (secondary N) is 1. The topological polar surface area (TPSA) is 12.0 Å². The molecule has 0 unspecified atom stereocenters. The number of fused-ring (bicyclic) bond motifs is 9. The summed E-state index contributed by atoms with van der Waals surface area (Å²) in [6.45, 7) is 0. The number of hydrogen-bond donors (Lipinski definition) is 1. The van der Waals surface area contributed by atoms with Crippen molar-refractivity contribution in [3.63, 3.8) is 0 Å². The first-order valence-corrected chi connectivity index (χ1v) is 9.26. The molecule has 0 saturated carbocycles. The van der Waals surface area contributed by atoms with E-state index in [4.69, 9.17) is 7.85 Å². The van der Waals surface area contributed by atoms with Crippen LogP contribution in [0.25, 0.3) is 11.1 Å². The van der Waals surface area contributed by atoms with Crippen molar-refractivity contribution in [1.82, 2.24) is 0 Å². The van der Waals surface area contributed by atoms with Gasteiger partial charge in [-0.05, 0) is 39.4 Å². The van der Waals surface area contributed by atoms with Crippen LogP contribution in [0, 0.1) is 0 Å². The molecule has 0 amide bonds. The molecule has 0 saturated heterocycles. The van der Waals surface area contributed by atoms with Crippen molar-refractivity contribution >= 4 is 24.7 Å². The summed E-state index contributed by atoms with van der Waals surface area (Å²) in [5.74, 6) is 0. The van der Waals surface area contributed by atoms with E-state index in [0.717, 1.165) is 16.8 Å². The highest BCUT2D eigenvalue weighted by molar-refractivity contribution is 6.36. The highest BCUT2D eigenvalue weighted by Crippen LogP contribution is 2.60. The van der Waals surface area contributed by atoms with Crippen molar-refractivity contribution in [2.45, 2.75) is 5.41 Å². The van der Waals surface area contributed by atoms with Crippen molar-refractivity contribution < 1.29 is 0 Å². The maximum Gasteiger partial charge on any atom is 0.116 e. The quantitative estimate of drug-likeness (QED) is 0.388. The third-order valence-electron chi connectivity index (χ3n) is 6.04. The van der Waals surface area contributed by atoms with Gasteiger partial charge in [0, 0.05) is 11.4 Å². The Hall–Kier alpha value is -3.26. The molecule has 4 aromatic carbocycles. The fraction of sp³-hybridized carbons (Fsp3) is 0.0400. The van der Waals surface area contributed by atoms with Gasteiger partial charge in [-0.1, -0.05) is 90.4 Å². The lowest BCUT2D eigenvalue weighted by Gasteiger charge is -2.41. The Morgan fingerprint density at radius 3 is 1.81 bits per heavy atom. The smallest absolute Gasteiger partial charge is 0.116 e. The summed E-state index contributed by atoms with van der Waals surface area (Å²) in [4.78, 5) is 0. The maximum atomic E-state index is 6.43. The van der Waals surface area contributed by atoms with Gasteiger partial charge in [0.2, 0.25) is 0 Å². The zero-order chi connectivity index (χ0) is 18.0. The van der Waals surface area contributed by atoms with Gasteiger partial charge < -0.3 is 5.32 Å². The van der Waals surface area contributed by atoms with E-state index in [1.54, 1.807) is 0 Å². The van der Waals surface area contributed by atoms with E-state index in [2.05, 4.69) is 90.2 Å². The van der Waals surface area contributed by atoms with Gasteiger partial charge in [-0.15, -0.1) is 0 Å². The average Bonchev–Trinajstić information content (AvgIpc) is 3.01. The van der Waals surface area contributed by atoms with Crippen LogP contribution in [0.1, 0.15) is 22.3 Å². The molecule has 2 heteroatoms. The summed E-state index contributed by atoms with van der Waals surface area (Å²) in [5.41, 5.74) is 10.3. The largest absolute Gasteiger partial charge is 0.355 e. The third kappa shape index (κ3) is 1.71. The molecule has 4 aromatic rings. The molecule has 1 heterocycles. The first kappa shape index (κ1) is 14.9. The number of anilines is 2. The van der Waals surface area contributed by atoms with Crippen LogP contribution in [0.2, 0.25) is 0 Å². The summed E-state index contributed by atoms with van der Waals surface area (Å²) in [6.07, 6.45) is 0. The SMILES string of the molecule is [B]c1cccc2c1Nc1ccccc1C21c2ccccc2-c2ccccc21. The second-order valence-corrected chi connectivity index (χ2v) is 7.28. The molecule has 0 fully saturated rings. The van der Waals surface area contributed by atoms with Gasteiger partial charge in [0.1, 0.15) is 7.85 Å². The van der Waals surface area contributed by atoms with E-state index in [-0.39, 0.29) is 5.41 Å². The molecular formula is C25H16BN. The van der Waals surface area contributed by atoms with E-state index in [9.17, 15) is 0 Å². The fourth-order valence-corrected chi connectivity index (χ4v) is 5.04. The summed E-state index contributed by atoms with van der Waals surface area (Å²) in [6, 6.07) is 32.4. The van der Waals surface area contributed by atoms with E-state index in [0.29, 0.717) is 0 Å². The molecule has 2 radical (unpaired) electrons. The van der Waals surface area contributed by atoms with Crippen LogP contribution in [0.4, 0.5) is 11.4 Å². The molecule has 0 atom stereocenters. The van der Waals surface area contributed by atoms with Crippen molar-refractivity contribution in [1.29, 1.82) is 0 Å². The van der Waals surface area contributed by atoms with E-state index in [1.807, 2.05) is 6.07 Å². The van der Waals surface area contributed by atoms with Crippen LogP contribution in [0.5, 0.6) is 0 Å². The van der Waals surface area contributed by atoms with Gasteiger partial charge in [0.15, 0.2) is 0 Å². The summed E-state index contributed by atoms with van der Waals surface area (Å²) < 4.78 is 0. The molecule has 0 aromatic heterocycles. The number of benzene rings is 4. The lowest BCUT2D eigenvalue weighted by atomic mass is 9.64. The van der Waals surface area contributed by atoms with E-state index < -0.39 is 0 Å². The van der Waals surface area contributed by atoms with E-state index >= 15 is 0 Å². The average molecular weight is 341 g/mol. The molecule has 1 aliphatic carbocycles. The Bertz CT molecular complexity index is 1180. The second kappa shape index (κ2) is 5.14. The Kier molecular flexibility index (Phi) is 2.83.